The Kier molecular flexibility index (Phi) is 6.25. The van der Waals surface area contributed by atoms with E-state index in [4.69, 9.17) is 0 Å². The smallest absolute Gasteiger partial charge is 0.224 e. The van der Waals surface area contributed by atoms with Crippen molar-refractivity contribution in [1.29, 1.82) is 0 Å². The fourth-order valence-electron chi connectivity index (χ4n) is 1.54. The van der Waals surface area contributed by atoms with E-state index in [0.717, 1.165) is 37.8 Å². The molecule has 0 spiro atoms. The highest BCUT2D eigenvalue weighted by atomic mass is 79.9. The van der Waals surface area contributed by atoms with Crippen LogP contribution >= 0.6 is 15.9 Å². The van der Waals surface area contributed by atoms with Crippen LogP contribution in [0.5, 0.6) is 0 Å². The van der Waals surface area contributed by atoms with Crippen molar-refractivity contribution >= 4 is 27.5 Å². The minimum absolute atomic E-state index is 0.0425. The fraction of sp³-hybridized carbons (Fsp3) is 0.462. The number of nitrogens with one attached hydrogen (secondary N) is 1. The molecule has 1 rings (SSSR count). The Morgan fingerprint density at radius 1 is 1.22 bits per heavy atom. The van der Waals surface area contributed by atoms with E-state index < -0.39 is 11.6 Å². The summed E-state index contributed by atoms with van der Waals surface area (Å²) in [5.74, 6) is -1.53. The fourth-order valence-corrected chi connectivity index (χ4v) is 1.86. The summed E-state index contributed by atoms with van der Waals surface area (Å²) in [6, 6.07) is 1.98. The van der Waals surface area contributed by atoms with Crippen LogP contribution in [0.3, 0.4) is 0 Å². The van der Waals surface area contributed by atoms with E-state index in [1.807, 2.05) is 0 Å². The number of carbonyl (C=O) groups is 1. The maximum absolute atomic E-state index is 13.4. The Labute approximate surface area is 114 Å². The number of hydrogen-bond acceptors (Lipinski definition) is 1. The minimum atomic E-state index is -0.648. The molecule has 0 saturated heterocycles. The van der Waals surface area contributed by atoms with E-state index in [2.05, 4.69) is 28.2 Å². The number of anilines is 1. The standard InChI is InChI=1S/C13H16BrF2NO/c1-2-3-4-5-6-13(18)17-12-8-10(15)9(14)7-11(12)16/h7-8H,2-6H2,1H3,(H,17,18). The van der Waals surface area contributed by atoms with Crippen molar-refractivity contribution in [3.8, 4) is 0 Å². The van der Waals surface area contributed by atoms with Gasteiger partial charge in [0, 0.05) is 12.5 Å². The summed E-state index contributed by atoms with van der Waals surface area (Å²) in [7, 11) is 0. The number of unbranched alkanes of at least 4 members (excludes halogenated alkanes) is 3. The lowest BCUT2D eigenvalue weighted by Crippen LogP contribution is -2.12. The first kappa shape index (κ1) is 15.1. The first-order valence-electron chi connectivity index (χ1n) is 5.99. The van der Waals surface area contributed by atoms with Crippen LogP contribution in [-0.2, 0) is 4.79 Å². The summed E-state index contributed by atoms with van der Waals surface area (Å²) >= 11 is 2.88. The predicted octanol–water partition coefficient (Wildman–Crippen LogP) is 4.64. The first-order valence-corrected chi connectivity index (χ1v) is 6.78. The van der Waals surface area contributed by atoms with Gasteiger partial charge in [-0.2, -0.15) is 0 Å². The van der Waals surface area contributed by atoms with Crippen molar-refractivity contribution in [2.45, 2.75) is 39.0 Å². The highest BCUT2D eigenvalue weighted by molar-refractivity contribution is 9.10. The second-order valence-electron chi connectivity index (χ2n) is 4.10. The molecule has 0 aliphatic heterocycles. The van der Waals surface area contributed by atoms with Crippen LogP contribution in [0, 0.1) is 11.6 Å². The molecule has 1 aromatic rings. The van der Waals surface area contributed by atoms with Crippen LogP contribution in [-0.4, -0.2) is 5.91 Å². The molecule has 0 atom stereocenters. The lowest BCUT2D eigenvalue weighted by atomic mass is 10.1. The van der Waals surface area contributed by atoms with Crippen LogP contribution in [0.2, 0.25) is 0 Å². The third-order valence-electron chi connectivity index (χ3n) is 2.54. The molecule has 0 radical (unpaired) electrons. The van der Waals surface area contributed by atoms with Crippen molar-refractivity contribution in [2.24, 2.45) is 0 Å². The maximum atomic E-state index is 13.4. The Balaban J connectivity index is 2.51. The van der Waals surface area contributed by atoms with Gasteiger partial charge in [-0.05, 0) is 28.4 Å². The number of amides is 1. The molecule has 1 N–H and O–H groups in total. The number of halogens is 3. The zero-order chi connectivity index (χ0) is 13.5. The lowest BCUT2D eigenvalue weighted by Gasteiger charge is -2.07. The third kappa shape index (κ3) is 4.72. The molecule has 100 valence electrons. The number of hydrogen-bond donors (Lipinski definition) is 1. The first-order chi connectivity index (χ1) is 8.54. The van der Waals surface area contributed by atoms with Crippen molar-refractivity contribution in [2.75, 3.05) is 5.32 Å². The highest BCUT2D eigenvalue weighted by Gasteiger charge is 2.10. The van der Waals surface area contributed by atoms with Gasteiger partial charge in [0.2, 0.25) is 5.91 Å². The SMILES string of the molecule is CCCCCCC(=O)Nc1cc(F)c(Br)cc1F. The van der Waals surface area contributed by atoms with Gasteiger partial charge in [0.1, 0.15) is 11.6 Å². The van der Waals surface area contributed by atoms with E-state index in [0.29, 0.717) is 6.42 Å². The summed E-state index contributed by atoms with van der Waals surface area (Å²) in [5, 5.41) is 2.38. The van der Waals surface area contributed by atoms with Crippen LogP contribution in [0.15, 0.2) is 16.6 Å². The maximum Gasteiger partial charge on any atom is 0.224 e. The molecule has 0 aliphatic carbocycles. The molecule has 18 heavy (non-hydrogen) atoms. The molecule has 0 unspecified atom stereocenters. The van der Waals surface area contributed by atoms with Gasteiger partial charge in [-0.25, -0.2) is 8.78 Å². The van der Waals surface area contributed by atoms with Crippen LogP contribution < -0.4 is 5.32 Å². The van der Waals surface area contributed by atoms with Gasteiger partial charge >= 0.3 is 0 Å². The third-order valence-corrected chi connectivity index (χ3v) is 3.15. The molecule has 2 nitrogen and oxygen atoms in total. The highest BCUT2D eigenvalue weighted by Crippen LogP contribution is 2.23. The van der Waals surface area contributed by atoms with Crippen molar-refractivity contribution in [1.82, 2.24) is 0 Å². The summed E-state index contributed by atoms with van der Waals surface area (Å²) in [6.07, 6.45) is 4.24. The molecular weight excluding hydrogens is 304 g/mol. The Bertz CT molecular complexity index is 424. The summed E-state index contributed by atoms with van der Waals surface area (Å²) in [4.78, 5) is 11.5. The van der Waals surface area contributed by atoms with Gasteiger partial charge in [-0.3, -0.25) is 4.79 Å². The number of rotatable bonds is 6. The Morgan fingerprint density at radius 2 is 1.94 bits per heavy atom. The monoisotopic (exact) mass is 319 g/mol. The Hall–Kier alpha value is -0.970. The van der Waals surface area contributed by atoms with Crippen molar-refractivity contribution < 1.29 is 13.6 Å². The van der Waals surface area contributed by atoms with E-state index in [1.165, 1.54) is 0 Å². The predicted molar refractivity (Wildman–Crippen MR) is 71.4 cm³/mol. The molecule has 0 saturated carbocycles. The largest absolute Gasteiger partial charge is 0.324 e. The zero-order valence-corrected chi connectivity index (χ0v) is 11.8. The lowest BCUT2D eigenvalue weighted by molar-refractivity contribution is -0.116. The van der Waals surface area contributed by atoms with E-state index in [-0.39, 0.29) is 16.1 Å². The minimum Gasteiger partial charge on any atom is -0.324 e. The van der Waals surface area contributed by atoms with Gasteiger partial charge in [0.05, 0.1) is 10.2 Å². The number of benzene rings is 1. The molecule has 1 amide bonds. The second kappa shape index (κ2) is 7.46. The average molecular weight is 320 g/mol. The Morgan fingerprint density at radius 3 is 2.61 bits per heavy atom. The van der Waals surface area contributed by atoms with E-state index in [1.54, 1.807) is 0 Å². The summed E-state index contributed by atoms with van der Waals surface area (Å²) in [5.41, 5.74) is -0.115. The molecular formula is C13H16BrF2NO. The summed E-state index contributed by atoms with van der Waals surface area (Å²) < 4.78 is 26.7. The van der Waals surface area contributed by atoms with Crippen LogP contribution in [0.25, 0.3) is 0 Å². The molecule has 0 bridgehead atoms. The van der Waals surface area contributed by atoms with Gasteiger partial charge in [0.15, 0.2) is 0 Å². The number of carbonyl (C=O) groups excluding carboxylic acids is 1. The van der Waals surface area contributed by atoms with Gasteiger partial charge < -0.3 is 5.32 Å². The quantitative estimate of drug-likeness (QED) is 0.600. The van der Waals surface area contributed by atoms with Crippen molar-refractivity contribution in [3.05, 3.63) is 28.2 Å². The zero-order valence-electron chi connectivity index (χ0n) is 10.2. The topological polar surface area (TPSA) is 29.1 Å². The van der Waals surface area contributed by atoms with E-state index >= 15 is 0 Å². The van der Waals surface area contributed by atoms with Gasteiger partial charge in [-0.1, -0.05) is 26.2 Å². The molecule has 0 aromatic heterocycles. The average Bonchev–Trinajstić information content (AvgIpc) is 2.32. The molecule has 0 heterocycles. The molecule has 5 heteroatoms. The van der Waals surface area contributed by atoms with Crippen molar-refractivity contribution in [3.63, 3.8) is 0 Å². The van der Waals surface area contributed by atoms with E-state index in [9.17, 15) is 13.6 Å². The van der Waals surface area contributed by atoms with Gasteiger partial charge in [0.25, 0.3) is 0 Å². The molecule has 1 aromatic carbocycles. The van der Waals surface area contributed by atoms with Gasteiger partial charge in [-0.15, -0.1) is 0 Å². The summed E-state index contributed by atoms with van der Waals surface area (Å²) in [6.45, 7) is 2.08. The molecule has 0 aliphatic rings. The second-order valence-corrected chi connectivity index (χ2v) is 4.96. The molecule has 0 fully saturated rings. The van der Waals surface area contributed by atoms with Crippen LogP contribution in [0.4, 0.5) is 14.5 Å². The normalized spacial score (nSPS) is 10.4. The van der Waals surface area contributed by atoms with Crippen LogP contribution in [0.1, 0.15) is 39.0 Å².